The monoisotopic (exact) mass is 284 g/mol. The third-order valence-corrected chi connectivity index (χ3v) is 3.50. The molecule has 1 aromatic carbocycles. The van der Waals surface area contributed by atoms with Crippen LogP contribution < -0.4 is 15.0 Å². The van der Waals surface area contributed by atoms with Gasteiger partial charge in [-0.2, -0.15) is 0 Å². The second-order valence-corrected chi connectivity index (χ2v) is 4.66. The lowest BCUT2D eigenvalue weighted by molar-refractivity contribution is -0.142. The van der Waals surface area contributed by atoms with E-state index in [1.807, 2.05) is 17.0 Å². The maximum atomic E-state index is 11.8. The average molecular weight is 285 g/mol. The quantitative estimate of drug-likeness (QED) is 0.848. The molecule has 1 N–H and O–H groups in total. The minimum Gasteiger partial charge on any atom is -0.495 e. The van der Waals surface area contributed by atoms with Crippen molar-refractivity contribution >= 4 is 23.3 Å². The molecule has 2 rings (SSSR count). The van der Waals surface area contributed by atoms with E-state index in [1.54, 1.807) is 13.2 Å². The zero-order chi connectivity index (χ0) is 13.8. The first-order valence-corrected chi connectivity index (χ1v) is 6.44. The highest BCUT2D eigenvalue weighted by Gasteiger charge is 2.29. The molecular formula is C13H17ClN2O3. The molecule has 1 aromatic rings. The van der Waals surface area contributed by atoms with Gasteiger partial charge in [0.05, 0.1) is 19.2 Å². The van der Waals surface area contributed by atoms with Gasteiger partial charge in [-0.25, -0.2) is 4.79 Å². The summed E-state index contributed by atoms with van der Waals surface area (Å²) in [4.78, 5) is 13.8. The molecule has 0 bridgehead atoms. The predicted molar refractivity (Wildman–Crippen MR) is 74.0 cm³/mol. The van der Waals surface area contributed by atoms with Crippen LogP contribution in [0, 0.1) is 0 Å². The van der Waals surface area contributed by atoms with E-state index < -0.39 is 0 Å². The number of anilines is 1. The summed E-state index contributed by atoms with van der Waals surface area (Å²) in [6, 6.07) is 5.16. The van der Waals surface area contributed by atoms with Crippen molar-refractivity contribution in [1.82, 2.24) is 5.32 Å². The van der Waals surface area contributed by atoms with E-state index in [-0.39, 0.29) is 12.0 Å². The van der Waals surface area contributed by atoms with Crippen LogP contribution in [0.1, 0.15) is 0 Å². The molecule has 1 heterocycles. The molecular weight excluding hydrogens is 268 g/mol. The number of halogens is 1. The van der Waals surface area contributed by atoms with Crippen LogP contribution in [0.2, 0.25) is 5.02 Å². The van der Waals surface area contributed by atoms with Crippen LogP contribution in [0.5, 0.6) is 5.75 Å². The van der Waals surface area contributed by atoms with E-state index in [2.05, 4.69) is 5.32 Å². The van der Waals surface area contributed by atoms with Gasteiger partial charge in [0, 0.05) is 31.4 Å². The summed E-state index contributed by atoms with van der Waals surface area (Å²) in [6.07, 6.45) is 0. The van der Waals surface area contributed by atoms with Crippen molar-refractivity contribution in [3.8, 4) is 5.75 Å². The molecule has 1 aliphatic rings. The third-order valence-electron chi connectivity index (χ3n) is 3.18. The topological polar surface area (TPSA) is 50.8 Å². The summed E-state index contributed by atoms with van der Waals surface area (Å²) in [5.41, 5.74) is 0.901. The third kappa shape index (κ3) is 2.93. The Bertz CT molecular complexity index is 467. The zero-order valence-electron chi connectivity index (χ0n) is 11.0. The van der Waals surface area contributed by atoms with Crippen molar-refractivity contribution in [3.63, 3.8) is 0 Å². The van der Waals surface area contributed by atoms with Gasteiger partial charge in [-0.05, 0) is 12.1 Å². The Morgan fingerprint density at radius 3 is 2.95 bits per heavy atom. The molecule has 0 saturated carbocycles. The summed E-state index contributed by atoms with van der Waals surface area (Å²) < 4.78 is 10.1. The number of piperazine rings is 1. The van der Waals surface area contributed by atoms with E-state index in [9.17, 15) is 4.79 Å². The number of benzene rings is 1. The maximum absolute atomic E-state index is 11.8. The van der Waals surface area contributed by atoms with Gasteiger partial charge in [-0.3, -0.25) is 0 Å². The van der Waals surface area contributed by atoms with Gasteiger partial charge in [0.2, 0.25) is 0 Å². The van der Waals surface area contributed by atoms with Crippen LogP contribution in [0.3, 0.4) is 0 Å². The highest BCUT2D eigenvalue weighted by Crippen LogP contribution is 2.30. The molecule has 0 aliphatic carbocycles. The van der Waals surface area contributed by atoms with Crippen LogP contribution in [0.4, 0.5) is 5.69 Å². The van der Waals surface area contributed by atoms with Gasteiger partial charge in [0.1, 0.15) is 11.8 Å². The Morgan fingerprint density at radius 2 is 2.26 bits per heavy atom. The molecule has 6 heteroatoms. The highest BCUT2D eigenvalue weighted by atomic mass is 35.5. The molecule has 5 nitrogen and oxygen atoms in total. The van der Waals surface area contributed by atoms with E-state index in [0.29, 0.717) is 17.3 Å². The number of hydrogen-bond donors (Lipinski definition) is 1. The molecule has 0 radical (unpaired) electrons. The predicted octanol–water partition coefficient (Wildman–Crippen LogP) is 1.30. The van der Waals surface area contributed by atoms with Crippen LogP contribution in [-0.2, 0) is 9.53 Å². The van der Waals surface area contributed by atoms with E-state index in [1.165, 1.54) is 7.11 Å². The summed E-state index contributed by atoms with van der Waals surface area (Å²) in [7, 11) is 2.97. The Kier molecular flexibility index (Phi) is 4.50. The first-order chi connectivity index (χ1) is 9.17. The lowest BCUT2D eigenvalue weighted by atomic mass is 10.1. The van der Waals surface area contributed by atoms with Crippen LogP contribution in [0.15, 0.2) is 18.2 Å². The summed E-state index contributed by atoms with van der Waals surface area (Å²) in [5, 5.41) is 3.74. The minimum atomic E-state index is -0.329. The standard InChI is InChI=1S/C13H17ClN2O3/c1-18-12-7-9(3-4-10(12)14)16-6-5-15-8-11(16)13(17)19-2/h3-4,7,11,15H,5-6,8H2,1-2H3. The van der Waals surface area contributed by atoms with Crippen molar-refractivity contribution in [1.29, 1.82) is 0 Å². The van der Waals surface area contributed by atoms with Gasteiger partial charge in [0.15, 0.2) is 0 Å². The number of nitrogens with zero attached hydrogens (tertiary/aromatic N) is 1. The number of carbonyl (C=O) groups is 1. The fourth-order valence-electron chi connectivity index (χ4n) is 2.19. The summed E-state index contributed by atoms with van der Waals surface area (Å²) in [6.45, 7) is 2.11. The minimum absolute atomic E-state index is 0.249. The Labute approximate surface area is 117 Å². The average Bonchev–Trinajstić information content (AvgIpc) is 2.47. The summed E-state index contributed by atoms with van der Waals surface area (Å²) >= 11 is 6.01. The first kappa shape index (κ1) is 14.0. The van der Waals surface area contributed by atoms with Crippen molar-refractivity contribution < 1.29 is 14.3 Å². The number of hydrogen-bond acceptors (Lipinski definition) is 5. The Balaban J connectivity index is 2.29. The lowest BCUT2D eigenvalue weighted by Gasteiger charge is -2.36. The molecule has 0 aromatic heterocycles. The first-order valence-electron chi connectivity index (χ1n) is 6.06. The second kappa shape index (κ2) is 6.12. The number of methoxy groups -OCH3 is 2. The molecule has 0 amide bonds. The Hall–Kier alpha value is -1.46. The zero-order valence-corrected chi connectivity index (χ0v) is 11.7. The normalized spacial score (nSPS) is 19.1. The van der Waals surface area contributed by atoms with Gasteiger partial charge < -0.3 is 19.7 Å². The largest absolute Gasteiger partial charge is 0.495 e. The molecule has 1 unspecified atom stereocenters. The number of esters is 1. The lowest BCUT2D eigenvalue weighted by Crippen LogP contribution is -2.55. The molecule has 104 valence electrons. The molecule has 19 heavy (non-hydrogen) atoms. The van der Waals surface area contributed by atoms with Gasteiger partial charge in [-0.1, -0.05) is 11.6 Å². The molecule has 1 aliphatic heterocycles. The molecule has 0 spiro atoms. The summed E-state index contributed by atoms with van der Waals surface area (Å²) in [5.74, 6) is 0.349. The molecule has 1 atom stereocenters. The van der Waals surface area contributed by atoms with Crippen molar-refractivity contribution in [2.75, 3.05) is 38.8 Å². The highest BCUT2D eigenvalue weighted by molar-refractivity contribution is 6.32. The van der Waals surface area contributed by atoms with Crippen LogP contribution >= 0.6 is 11.6 Å². The number of nitrogens with one attached hydrogen (secondary N) is 1. The number of ether oxygens (including phenoxy) is 2. The Morgan fingerprint density at radius 1 is 1.47 bits per heavy atom. The molecule has 1 fully saturated rings. The van der Waals surface area contributed by atoms with Crippen LogP contribution in [-0.4, -0.2) is 45.9 Å². The second-order valence-electron chi connectivity index (χ2n) is 4.26. The van der Waals surface area contributed by atoms with Crippen molar-refractivity contribution in [2.24, 2.45) is 0 Å². The van der Waals surface area contributed by atoms with E-state index >= 15 is 0 Å². The van der Waals surface area contributed by atoms with Gasteiger partial charge in [-0.15, -0.1) is 0 Å². The van der Waals surface area contributed by atoms with Crippen molar-refractivity contribution in [2.45, 2.75) is 6.04 Å². The van der Waals surface area contributed by atoms with Gasteiger partial charge in [0.25, 0.3) is 0 Å². The fraction of sp³-hybridized carbons (Fsp3) is 0.462. The smallest absolute Gasteiger partial charge is 0.329 e. The van der Waals surface area contributed by atoms with Gasteiger partial charge >= 0.3 is 5.97 Å². The SMILES string of the molecule is COC(=O)C1CNCCN1c1ccc(Cl)c(OC)c1. The number of rotatable bonds is 3. The van der Waals surface area contributed by atoms with E-state index in [0.717, 1.165) is 18.8 Å². The van der Waals surface area contributed by atoms with Crippen molar-refractivity contribution in [3.05, 3.63) is 23.2 Å². The molecule has 1 saturated heterocycles. The van der Waals surface area contributed by atoms with Crippen LogP contribution in [0.25, 0.3) is 0 Å². The maximum Gasteiger partial charge on any atom is 0.329 e. The number of carbonyl (C=O) groups excluding carboxylic acids is 1. The van der Waals surface area contributed by atoms with E-state index in [4.69, 9.17) is 21.1 Å². The fourth-order valence-corrected chi connectivity index (χ4v) is 2.38.